The zero-order chi connectivity index (χ0) is 25.9. The topological polar surface area (TPSA) is 79.5 Å². The fourth-order valence-electron chi connectivity index (χ4n) is 5.37. The maximum atomic E-state index is 13.3. The third-order valence-corrected chi connectivity index (χ3v) is 7.00. The van der Waals surface area contributed by atoms with Gasteiger partial charge in [0.25, 0.3) is 0 Å². The molecule has 4 aromatic rings. The highest BCUT2D eigenvalue weighted by atomic mass is 19.4. The van der Waals surface area contributed by atoms with Crippen LogP contribution in [0.25, 0.3) is 16.8 Å². The molecule has 1 fully saturated rings. The number of halogens is 3. The van der Waals surface area contributed by atoms with Crippen molar-refractivity contribution in [3.05, 3.63) is 101 Å². The van der Waals surface area contributed by atoms with Crippen LogP contribution in [0.3, 0.4) is 0 Å². The number of rotatable bonds is 3. The Kier molecular flexibility index (Phi) is 5.15. The lowest BCUT2D eigenvalue weighted by Crippen LogP contribution is -2.40. The Balaban J connectivity index is 1.32. The molecule has 6 rings (SSSR count). The van der Waals surface area contributed by atoms with Crippen molar-refractivity contribution in [1.29, 1.82) is 0 Å². The van der Waals surface area contributed by atoms with E-state index in [1.165, 1.54) is 16.7 Å². The maximum Gasteiger partial charge on any atom is 0.416 e. The largest absolute Gasteiger partial charge is 0.493 e. The summed E-state index contributed by atoms with van der Waals surface area (Å²) < 4.78 is 42.0. The highest BCUT2D eigenvalue weighted by molar-refractivity contribution is 5.95. The number of urea groups is 1. The number of nitrogens with zero attached hydrogens (tertiary/aromatic N) is 3. The first-order valence-electron chi connectivity index (χ1n) is 11.7. The third-order valence-electron chi connectivity index (χ3n) is 7.00. The zero-order valence-electron chi connectivity index (χ0n) is 19.3. The summed E-state index contributed by atoms with van der Waals surface area (Å²) in [5, 5.41) is 13.9. The summed E-state index contributed by atoms with van der Waals surface area (Å²) in [4.78, 5) is 28.1. The van der Waals surface area contributed by atoms with Gasteiger partial charge in [0.1, 0.15) is 5.69 Å². The summed E-state index contributed by atoms with van der Waals surface area (Å²) in [6.45, 7) is 0.239. The van der Waals surface area contributed by atoms with E-state index in [2.05, 4.69) is 5.32 Å². The molecule has 2 aliphatic rings. The average molecular weight is 506 g/mol. The number of fused-ring (bicyclic) bond motifs is 5. The van der Waals surface area contributed by atoms with E-state index < -0.39 is 29.4 Å². The van der Waals surface area contributed by atoms with Crippen molar-refractivity contribution in [1.82, 2.24) is 14.0 Å². The number of aromatic hydroxyl groups is 1. The molecule has 2 N–H and O–H groups in total. The summed E-state index contributed by atoms with van der Waals surface area (Å²) in [5.41, 5.74) is 0.973. The molecule has 0 radical (unpaired) electrons. The Labute approximate surface area is 209 Å². The molecule has 3 aromatic carbocycles. The van der Waals surface area contributed by atoms with E-state index in [0.29, 0.717) is 12.1 Å². The number of likely N-dealkylation sites (tertiary alicyclic amines) is 1. The van der Waals surface area contributed by atoms with Crippen LogP contribution in [0.4, 0.5) is 23.7 Å². The number of carbonyl (C=O) groups excluding carboxylic acids is 1. The SMILES string of the molecule is O=C(Nc1ccccc1-c1ccccc1)N1CC2CC1c1c(O)n(-c3cccc(C(F)(F)F)c3)c(=O)n12. The normalized spacial score (nSPS) is 18.2. The Morgan fingerprint density at radius 3 is 2.46 bits per heavy atom. The summed E-state index contributed by atoms with van der Waals surface area (Å²) in [6, 6.07) is 19.9. The second kappa shape index (κ2) is 8.29. The molecular formula is C27H21F3N4O3. The van der Waals surface area contributed by atoms with Crippen molar-refractivity contribution >= 4 is 11.7 Å². The van der Waals surface area contributed by atoms with Crippen molar-refractivity contribution in [2.24, 2.45) is 0 Å². The van der Waals surface area contributed by atoms with Crippen LogP contribution in [0, 0.1) is 0 Å². The Hall–Kier alpha value is -4.47. The Morgan fingerprint density at radius 1 is 0.973 bits per heavy atom. The van der Waals surface area contributed by atoms with E-state index in [1.807, 2.05) is 48.5 Å². The van der Waals surface area contributed by atoms with Gasteiger partial charge < -0.3 is 15.3 Å². The molecule has 0 saturated carbocycles. The lowest BCUT2D eigenvalue weighted by atomic mass is 10.0. The molecule has 1 saturated heterocycles. The van der Waals surface area contributed by atoms with Crippen molar-refractivity contribution < 1.29 is 23.1 Å². The quantitative estimate of drug-likeness (QED) is 0.382. The highest BCUT2D eigenvalue weighted by Crippen LogP contribution is 2.49. The van der Waals surface area contributed by atoms with Crippen LogP contribution in [-0.4, -0.2) is 31.7 Å². The molecule has 0 aliphatic carbocycles. The first kappa shape index (κ1) is 23.0. The maximum absolute atomic E-state index is 13.3. The van der Waals surface area contributed by atoms with Crippen LogP contribution < -0.4 is 11.0 Å². The van der Waals surface area contributed by atoms with Crippen LogP contribution in [0.1, 0.15) is 29.8 Å². The number of alkyl halides is 3. The van der Waals surface area contributed by atoms with Gasteiger partial charge in [0.2, 0.25) is 5.88 Å². The van der Waals surface area contributed by atoms with Gasteiger partial charge in [0.15, 0.2) is 0 Å². The van der Waals surface area contributed by atoms with E-state index in [-0.39, 0.29) is 30.0 Å². The molecule has 2 aliphatic heterocycles. The zero-order valence-corrected chi connectivity index (χ0v) is 19.3. The second-order valence-corrected chi connectivity index (χ2v) is 9.14. The number of para-hydroxylation sites is 1. The molecule has 188 valence electrons. The van der Waals surface area contributed by atoms with Gasteiger partial charge in [-0.05, 0) is 36.2 Å². The molecule has 7 nitrogen and oxygen atoms in total. The fourth-order valence-corrected chi connectivity index (χ4v) is 5.37. The number of carbonyl (C=O) groups is 1. The predicted octanol–water partition coefficient (Wildman–Crippen LogP) is 5.56. The number of benzene rings is 3. The summed E-state index contributed by atoms with van der Waals surface area (Å²) in [6.07, 6.45) is -4.16. The average Bonchev–Trinajstić information content (AvgIpc) is 3.56. The Morgan fingerprint density at radius 2 is 1.70 bits per heavy atom. The molecule has 2 bridgehead atoms. The van der Waals surface area contributed by atoms with Gasteiger partial charge >= 0.3 is 17.9 Å². The molecule has 3 heterocycles. The minimum atomic E-state index is -4.60. The number of amides is 2. The van der Waals surface area contributed by atoms with Gasteiger partial charge in [-0.2, -0.15) is 13.2 Å². The summed E-state index contributed by atoms with van der Waals surface area (Å²) in [5.74, 6) is -0.459. The number of hydrogen-bond acceptors (Lipinski definition) is 3. The van der Waals surface area contributed by atoms with Crippen LogP contribution in [-0.2, 0) is 6.18 Å². The molecule has 2 unspecified atom stereocenters. The Bertz CT molecular complexity index is 1580. The summed E-state index contributed by atoms with van der Waals surface area (Å²) in [7, 11) is 0. The number of nitrogens with one attached hydrogen (secondary N) is 1. The monoisotopic (exact) mass is 506 g/mol. The van der Waals surface area contributed by atoms with Crippen LogP contribution in [0.5, 0.6) is 5.88 Å². The van der Waals surface area contributed by atoms with Crippen LogP contribution >= 0.6 is 0 Å². The van der Waals surface area contributed by atoms with Gasteiger partial charge in [0.05, 0.1) is 29.0 Å². The van der Waals surface area contributed by atoms with E-state index in [4.69, 9.17) is 0 Å². The van der Waals surface area contributed by atoms with Gasteiger partial charge in [-0.25, -0.2) is 14.2 Å². The van der Waals surface area contributed by atoms with Gasteiger partial charge in [-0.15, -0.1) is 0 Å². The van der Waals surface area contributed by atoms with Crippen LogP contribution in [0.2, 0.25) is 0 Å². The number of aromatic nitrogens is 2. The first-order chi connectivity index (χ1) is 17.7. The van der Waals surface area contributed by atoms with Gasteiger partial charge in [-0.3, -0.25) is 4.57 Å². The van der Waals surface area contributed by atoms with Crippen LogP contribution in [0.15, 0.2) is 83.7 Å². The molecule has 2 atom stereocenters. The summed E-state index contributed by atoms with van der Waals surface area (Å²) >= 11 is 0. The van der Waals surface area contributed by atoms with E-state index in [0.717, 1.165) is 27.8 Å². The number of hydrogen-bond donors (Lipinski definition) is 2. The molecule has 2 amide bonds. The van der Waals surface area contributed by atoms with Crippen molar-refractivity contribution in [2.75, 3.05) is 11.9 Å². The van der Waals surface area contributed by atoms with E-state index >= 15 is 0 Å². The minimum Gasteiger partial charge on any atom is -0.493 e. The number of imidazole rings is 1. The molecule has 1 aromatic heterocycles. The molecular weight excluding hydrogens is 485 g/mol. The van der Waals surface area contributed by atoms with Crippen molar-refractivity contribution in [2.45, 2.75) is 24.7 Å². The number of anilines is 1. The predicted molar refractivity (Wildman–Crippen MR) is 131 cm³/mol. The standard InChI is InChI=1S/C27H21F3N4O3/c28-27(29,30)17-9-6-10-18(13-17)34-24(35)23-22-14-19(33(23)26(34)37)15-32(22)25(36)31-21-12-5-4-11-20(21)16-7-2-1-3-8-16/h1-13,19,22,35H,14-15H2,(H,31,36). The molecule has 10 heteroatoms. The van der Waals surface area contributed by atoms with E-state index in [9.17, 15) is 27.9 Å². The minimum absolute atomic E-state index is 0.0913. The molecule has 0 spiro atoms. The third kappa shape index (κ3) is 3.67. The lowest BCUT2D eigenvalue weighted by molar-refractivity contribution is -0.137. The van der Waals surface area contributed by atoms with Crippen molar-refractivity contribution in [3.8, 4) is 22.7 Å². The first-order valence-corrected chi connectivity index (χ1v) is 11.7. The van der Waals surface area contributed by atoms with Gasteiger partial charge in [-0.1, -0.05) is 54.6 Å². The highest BCUT2D eigenvalue weighted by Gasteiger charge is 2.49. The van der Waals surface area contributed by atoms with Gasteiger partial charge in [0, 0.05) is 12.1 Å². The fraction of sp³-hybridized carbons (Fsp3) is 0.185. The molecule has 37 heavy (non-hydrogen) atoms. The van der Waals surface area contributed by atoms with E-state index in [1.54, 1.807) is 11.0 Å². The lowest BCUT2D eigenvalue weighted by Gasteiger charge is -2.28. The smallest absolute Gasteiger partial charge is 0.416 e. The van der Waals surface area contributed by atoms with Crippen molar-refractivity contribution in [3.63, 3.8) is 0 Å². The second-order valence-electron chi connectivity index (χ2n) is 9.14.